The third-order valence-electron chi connectivity index (χ3n) is 5.04. The molecule has 0 aliphatic carbocycles. The summed E-state index contributed by atoms with van der Waals surface area (Å²) in [6, 6.07) is 18.2. The molecule has 3 heterocycles. The van der Waals surface area contributed by atoms with Crippen molar-refractivity contribution < 1.29 is 13.9 Å². The van der Waals surface area contributed by atoms with Crippen LogP contribution in [0.5, 0.6) is 5.75 Å². The highest BCUT2D eigenvalue weighted by molar-refractivity contribution is 7.22. The Bertz CT molecular complexity index is 1470. The minimum absolute atomic E-state index is 0.185. The molecular weight excluding hydrogens is 428 g/mol. The molecule has 0 unspecified atom stereocenters. The van der Waals surface area contributed by atoms with E-state index in [1.165, 1.54) is 15.9 Å². The first kappa shape index (κ1) is 20.0. The molecule has 0 aliphatic rings. The minimum atomic E-state index is -0.580. The van der Waals surface area contributed by atoms with Gasteiger partial charge in [0.1, 0.15) is 17.8 Å². The highest BCUT2D eigenvalue weighted by Crippen LogP contribution is 2.34. The van der Waals surface area contributed by atoms with E-state index in [4.69, 9.17) is 9.15 Å². The zero-order valence-corrected chi connectivity index (χ0v) is 17.9. The van der Waals surface area contributed by atoms with Crippen molar-refractivity contribution >= 4 is 43.7 Å². The second kappa shape index (κ2) is 8.27. The number of thiazole rings is 1. The van der Waals surface area contributed by atoms with Crippen LogP contribution in [0.1, 0.15) is 5.69 Å². The fourth-order valence-corrected chi connectivity index (χ4v) is 4.49. The Balaban J connectivity index is 1.56. The maximum atomic E-state index is 13.5. The van der Waals surface area contributed by atoms with Gasteiger partial charge in [0.15, 0.2) is 10.7 Å². The Morgan fingerprint density at radius 2 is 1.97 bits per heavy atom. The van der Waals surface area contributed by atoms with Crippen molar-refractivity contribution in [2.75, 3.05) is 12.0 Å². The van der Waals surface area contributed by atoms with Crippen LogP contribution in [0.4, 0.5) is 5.13 Å². The van der Waals surface area contributed by atoms with Gasteiger partial charge in [-0.05, 0) is 36.4 Å². The number of hydrogen-bond donors (Lipinski definition) is 0. The molecular formula is C23H18N4O4S. The third-order valence-corrected chi connectivity index (χ3v) is 6.08. The molecule has 5 rings (SSSR count). The van der Waals surface area contributed by atoms with E-state index >= 15 is 0 Å². The molecule has 9 heteroatoms. The topological polar surface area (TPSA) is 90.5 Å². The number of benzene rings is 2. The number of anilines is 1. The van der Waals surface area contributed by atoms with Crippen molar-refractivity contribution in [1.29, 1.82) is 0 Å². The number of carbonyl (C=O) groups excluding carboxylic acids is 1. The molecule has 2 aromatic carbocycles. The first-order valence-corrected chi connectivity index (χ1v) is 10.7. The number of amides is 1. The summed E-state index contributed by atoms with van der Waals surface area (Å²) in [4.78, 5) is 36.4. The lowest BCUT2D eigenvalue weighted by molar-refractivity contribution is -0.119. The molecule has 1 amide bonds. The van der Waals surface area contributed by atoms with Crippen LogP contribution >= 0.6 is 11.3 Å². The van der Waals surface area contributed by atoms with Gasteiger partial charge >= 0.3 is 5.76 Å². The molecule has 8 nitrogen and oxygen atoms in total. The molecule has 160 valence electrons. The summed E-state index contributed by atoms with van der Waals surface area (Å²) < 4.78 is 12.9. The Morgan fingerprint density at radius 1 is 1.12 bits per heavy atom. The van der Waals surface area contributed by atoms with Crippen LogP contribution in [0.25, 0.3) is 21.3 Å². The average Bonchev–Trinajstić information content (AvgIpc) is 3.39. The molecule has 0 N–H and O–H groups in total. The number of fused-ring (bicyclic) bond motifs is 2. The van der Waals surface area contributed by atoms with Gasteiger partial charge in [0, 0.05) is 6.20 Å². The largest absolute Gasteiger partial charge is 0.494 e. The lowest BCUT2D eigenvalue weighted by Crippen LogP contribution is -2.35. The molecule has 3 aromatic heterocycles. The van der Waals surface area contributed by atoms with E-state index in [9.17, 15) is 9.59 Å². The van der Waals surface area contributed by atoms with E-state index < -0.39 is 5.76 Å². The lowest BCUT2D eigenvalue weighted by atomic mass is 10.3. The van der Waals surface area contributed by atoms with Crippen molar-refractivity contribution in [3.05, 3.63) is 83.1 Å². The summed E-state index contributed by atoms with van der Waals surface area (Å²) in [5.74, 6) is -0.252. The smallest absolute Gasteiger partial charge is 0.420 e. The van der Waals surface area contributed by atoms with Crippen LogP contribution in [0, 0.1) is 0 Å². The van der Waals surface area contributed by atoms with Crippen LogP contribution in [0.3, 0.4) is 0 Å². The SMILES string of the molecule is COc1cccc2sc(N(Cc3ccccn3)C(=O)Cn3c(=O)oc4ccccc43)nc12. The quantitative estimate of drug-likeness (QED) is 0.394. The fraction of sp³-hybridized carbons (Fsp3) is 0.130. The number of rotatable bonds is 6. The maximum Gasteiger partial charge on any atom is 0.420 e. The first-order chi connectivity index (χ1) is 15.6. The Labute approximate surface area is 186 Å². The summed E-state index contributed by atoms with van der Waals surface area (Å²) in [6.45, 7) is 0.0298. The number of ether oxygens (including phenoxy) is 1. The van der Waals surface area contributed by atoms with Gasteiger partial charge in [-0.15, -0.1) is 0 Å². The van der Waals surface area contributed by atoms with E-state index in [1.807, 2.05) is 36.4 Å². The van der Waals surface area contributed by atoms with E-state index in [1.54, 1.807) is 42.5 Å². The van der Waals surface area contributed by atoms with E-state index in [-0.39, 0.29) is 19.0 Å². The second-order valence-corrected chi connectivity index (χ2v) is 8.04. The van der Waals surface area contributed by atoms with Gasteiger partial charge < -0.3 is 9.15 Å². The van der Waals surface area contributed by atoms with Crippen molar-refractivity contribution in [2.45, 2.75) is 13.1 Å². The summed E-state index contributed by atoms with van der Waals surface area (Å²) in [5, 5.41) is 0.501. The molecule has 0 saturated heterocycles. The summed E-state index contributed by atoms with van der Waals surface area (Å²) in [6.07, 6.45) is 1.67. The zero-order chi connectivity index (χ0) is 22.1. The van der Waals surface area contributed by atoms with Gasteiger partial charge in [0.2, 0.25) is 5.91 Å². The van der Waals surface area contributed by atoms with Gasteiger partial charge in [-0.25, -0.2) is 9.78 Å². The van der Waals surface area contributed by atoms with E-state index in [0.717, 1.165) is 4.70 Å². The number of pyridine rings is 1. The predicted octanol–water partition coefficient (Wildman–Crippen LogP) is 3.84. The molecule has 0 saturated carbocycles. The Hall–Kier alpha value is -3.98. The van der Waals surface area contributed by atoms with Crippen LogP contribution in [-0.4, -0.2) is 27.6 Å². The molecule has 0 aliphatic heterocycles. The van der Waals surface area contributed by atoms with Gasteiger partial charge in [-0.1, -0.05) is 35.6 Å². The highest BCUT2D eigenvalue weighted by Gasteiger charge is 2.24. The van der Waals surface area contributed by atoms with Crippen molar-refractivity contribution in [3.8, 4) is 5.75 Å². The van der Waals surface area contributed by atoms with Crippen LogP contribution in [0.2, 0.25) is 0 Å². The predicted molar refractivity (Wildman–Crippen MR) is 122 cm³/mol. The number of carbonyl (C=O) groups is 1. The normalized spacial score (nSPS) is 11.2. The monoisotopic (exact) mass is 446 g/mol. The van der Waals surface area contributed by atoms with Crippen molar-refractivity contribution in [2.24, 2.45) is 0 Å². The Morgan fingerprint density at radius 3 is 2.78 bits per heavy atom. The number of oxazole rings is 1. The van der Waals surface area contributed by atoms with Gasteiger partial charge in [-0.2, -0.15) is 0 Å². The summed E-state index contributed by atoms with van der Waals surface area (Å²) in [5.41, 5.74) is 2.39. The standard InChI is InChI=1S/C23H18N4O4S/c1-30-18-10-6-11-19-21(18)25-22(32-19)27(13-15-7-4-5-12-24-15)20(28)14-26-16-8-2-3-9-17(16)31-23(26)29/h2-12H,13-14H2,1H3. The van der Waals surface area contributed by atoms with Crippen LogP contribution in [-0.2, 0) is 17.9 Å². The average molecular weight is 446 g/mol. The molecule has 5 aromatic rings. The van der Waals surface area contributed by atoms with Crippen molar-refractivity contribution in [3.63, 3.8) is 0 Å². The molecule has 0 spiro atoms. The number of para-hydroxylation sites is 3. The minimum Gasteiger partial charge on any atom is -0.494 e. The first-order valence-electron chi connectivity index (χ1n) is 9.86. The molecule has 0 radical (unpaired) electrons. The van der Waals surface area contributed by atoms with E-state index in [2.05, 4.69) is 9.97 Å². The molecule has 32 heavy (non-hydrogen) atoms. The van der Waals surface area contributed by atoms with E-state index in [0.29, 0.717) is 33.2 Å². The lowest BCUT2D eigenvalue weighted by Gasteiger charge is -2.19. The number of aromatic nitrogens is 3. The summed E-state index contributed by atoms with van der Waals surface area (Å²) in [7, 11) is 1.58. The van der Waals surface area contributed by atoms with Gasteiger partial charge in [0.05, 0.1) is 29.6 Å². The van der Waals surface area contributed by atoms with Crippen LogP contribution < -0.4 is 15.4 Å². The zero-order valence-electron chi connectivity index (χ0n) is 17.1. The summed E-state index contributed by atoms with van der Waals surface area (Å²) >= 11 is 1.38. The third kappa shape index (κ3) is 3.63. The Kier molecular flexibility index (Phi) is 5.16. The van der Waals surface area contributed by atoms with Gasteiger partial charge in [0.25, 0.3) is 0 Å². The number of methoxy groups -OCH3 is 1. The number of hydrogen-bond acceptors (Lipinski definition) is 7. The van der Waals surface area contributed by atoms with Crippen molar-refractivity contribution in [1.82, 2.24) is 14.5 Å². The van der Waals surface area contributed by atoms with Crippen LogP contribution in [0.15, 0.2) is 76.1 Å². The highest BCUT2D eigenvalue weighted by atomic mass is 32.1. The fourth-order valence-electron chi connectivity index (χ4n) is 3.49. The second-order valence-electron chi connectivity index (χ2n) is 7.03. The molecule has 0 atom stereocenters. The molecule has 0 bridgehead atoms. The number of nitrogens with zero attached hydrogens (tertiary/aromatic N) is 4. The molecule has 0 fully saturated rings. The van der Waals surface area contributed by atoms with Gasteiger partial charge in [-0.3, -0.25) is 19.2 Å². The maximum absolute atomic E-state index is 13.5.